The van der Waals surface area contributed by atoms with Gasteiger partial charge in [-0.3, -0.25) is 48.6 Å². The number of halogens is 4. The molecular weight excluding hydrogens is 1890 g/mol. The minimum Gasteiger partial charge on any atom is -0.541 e. The van der Waals surface area contributed by atoms with Crippen LogP contribution in [0.1, 0.15) is 148 Å². The topological polar surface area (TPSA) is 318 Å². The first-order valence-electron chi connectivity index (χ1n) is 39.1. The van der Waals surface area contributed by atoms with E-state index in [1.165, 1.54) is 22.1 Å². The largest absolute Gasteiger partial charge is 0.541 e. The number of anilines is 6. The summed E-state index contributed by atoms with van der Waals surface area (Å²) in [5.74, 6) is -1.18. The molecule has 0 unspecified atom stereocenters. The Balaban J connectivity index is 0.000000158. The van der Waals surface area contributed by atoms with Crippen molar-refractivity contribution in [3.8, 4) is 11.4 Å². The number of esters is 1. The third-order valence-electron chi connectivity index (χ3n) is 19.4. The lowest BCUT2D eigenvalue weighted by Crippen LogP contribution is -2.41. The Bertz CT molecular complexity index is 5210. The van der Waals surface area contributed by atoms with Gasteiger partial charge in [0, 0.05) is 123 Å². The van der Waals surface area contributed by atoms with Crippen molar-refractivity contribution in [2.24, 2.45) is 5.10 Å². The number of hydrogen-bond donors (Lipinski definition) is 4. The predicted octanol–water partition coefficient (Wildman–Crippen LogP) is 15.2. The molecule has 3 fully saturated rings. The van der Waals surface area contributed by atoms with Crippen molar-refractivity contribution in [3.63, 3.8) is 0 Å². The molecule has 6 aliphatic heterocycles. The van der Waals surface area contributed by atoms with Gasteiger partial charge < -0.3 is 49.2 Å². The highest BCUT2D eigenvalue weighted by Crippen LogP contribution is 2.34. The van der Waals surface area contributed by atoms with E-state index in [0.29, 0.717) is 103 Å². The highest BCUT2D eigenvalue weighted by Gasteiger charge is 2.37. The van der Waals surface area contributed by atoms with Crippen LogP contribution < -0.4 is 35.2 Å². The van der Waals surface area contributed by atoms with Crippen LogP contribution in [0.3, 0.4) is 0 Å². The molecular formula is C88H94ClI3N12O14Si. The Hall–Kier alpha value is -10.1. The molecule has 2 aromatic heterocycles. The van der Waals surface area contributed by atoms with Crippen molar-refractivity contribution < 1.29 is 67.3 Å². The number of piperidine rings is 3. The summed E-state index contributed by atoms with van der Waals surface area (Å²) in [5.41, 5.74) is 14.4. The fraction of sp³-hybridized carbons (Fsp3) is 0.307. The van der Waals surface area contributed by atoms with Gasteiger partial charge in [0.05, 0.1) is 36.9 Å². The third-order valence-corrected chi connectivity index (χ3v) is 22.6. The summed E-state index contributed by atoms with van der Waals surface area (Å²) in [7, 11) is -1.74. The maximum Gasteiger partial charge on any atom is 0.370 e. The third kappa shape index (κ3) is 24.6. The zero-order valence-corrected chi connectivity index (χ0v) is 75.4. The average Bonchev–Trinajstić information content (AvgIpc) is 1.62. The van der Waals surface area contributed by atoms with E-state index in [1.54, 1.807) is 84.6 Å². The van der Waals surface area contributed by atoms with Crippen molar-refractivity contribution in [2.75, 3.05) is 75.8 Å². The number of Topliss-reactive ketones (excluding diaryl/α,β-unsaturated/α-hetero) is 3. The number of carbonyl (C=O) groups excluding carboxylic acids is 10. The Labute approximate surface area is 738 Å². The van der Waals surface area contributed by atoms with E-state index < -0.39 is 14.3 Å². The van der Waals surface area contributed by atoms with Crippen LogP contribution in [0.2, 0.25) is 19.6 Å². The van der Waals surface area contributed by atoms with Crippen LogP contribution in [0.5, 0.6) is 0 Å². The monoisotopic (exact) mass is 1990 g/mol. The van der Waals surface area contributed by atoms with E-state index >= 15 is 0 Å². The number of amides is 6. The predicted molar refractivity (Wildman–Crippen MR) is 488 cm³/mol. The van der Waals surface area contributed by atoms with Crippen LogP contribution in [-0.4, -0.2) is 148 Å². The molecule has 0 radical (unpaired) electrons. The number of aliphatic hydroxyl groups excluding tert-OH is 2. The molecule has 0 atom stereocenters. The summed E-state index contributed by atoms with van der Waals surface area (Å²) in [5, 5.41) is 33.8. The van der Waals surface area contributed by atoms with Gasteiger partial charge in [-0.25, -0.2) is 14.2 Å². The highest BCUT2D eigenvalue weighted by molar-refractivity contribution is 14.1. The summed E-state index contributed by atoms with van der Waals surface area (Å²) in [4.78, 5) is 129. The lowest BCUT2D eigenvalue weighted by molar-refractivity contribution is -0.137. The number of fused-ring (bicyclic) bond motifs is 2. The second-order valence-electron chi connectivity index (χ2n) is 29.2. The van der Waals surface area contributed by atoms with Crippen LogP contribution in [0, 0.1) is 17.6 Å². The number of rotatable bonds is 17. The minimum absolute atomic E-state index is 0.0186. The first kappa shape index (κ1) is 91.2. The lowest BCUT2D eigenvalue weighted by Gasteiger charge is -2.30. The van der Waals surface area contributed by atoms with Crippen molar-refractivity contribution in [1.82, 2.24) is 24.9 Å². The van der Waals surface area contributed by atoms with E-state index in [9.17, 15) is 58.2 Å². The maximum absolute atomic E-state index is 13.7. The van der Waals surface area contributed by atoms with Gasteiger partial charge in [-0.15, -0.1) is 0 Å². The molecule has 3 saturated heterocycles. The first-order valence-corrected chi connectivity index (χ1v) is 46.1. The number of benzene rings is 7. The zero-order valence-electron chi connectivity index (χ0n) is 67.2. The van der Waals surface area contributed by atoms with Gasteiger partial charge in [0.25, 0.3) is 23.6 Å². The number of nitrogens with zero attached hydrogens (tertiary/aromatic N) is 10. The van der Waals surface area contributed by atoms with E-state index in [-0.39, 0.29) is 77.8 Å². The van der Waals surface area contributed by atoms with Crippen LogP contribution in [0.25, 0.3) is 11.4 Å². The molecule has 6 aliphatic rings. The summed E-state index contributed by atoms with van der Waals surface area (Å²) in [6.45, 7) is 16.9. The number of hydrogen-bond acceptors (Lipinski definition) is 18. The number of ether oxygens (including phenoxy) is 1. The highest BCUT2D eigenvalue weighted by atomic mass is 127. The number of aromatic nitrogens is 4. The number of ketones is 3. The Morgan fingerprint density at radius 1 is 0.504 bits per heavy atom. The van der Waals surface area contributed by atoms with Gasteiger partial charge >= 0.3 is 5.97 Å². The zero-order chi connectivity index (χ0) is 85.6. The van der Waals surface area contributed by atoms with Crippen molar-refractivity contribution in [2.45, 2.75) is 131 Å². The van der Waals surface area contributed by atoms with E-state index in [2.05, 4.69) is 118 Å². The Kier molecular flexibility index (Phi) is 33.1. The van der Waals surface area contributed by atoms with Crippen LogP contribution in [-0.2, 0) is 64.0 Å². The fourth-order valence-electron chi connectivity index (χ4n) is 13.4. The molecule has 15 rings (SSSR count). The standard InChI is InChI=1S/C26H26N4O4.C21H18IN3O3.C14H18INO2Si.C11H13ClN2O2.C11H10INO2.C5H9NO/c1-17(32)24-22-13-15-29(20-11-9-19(10-12-20)28-14-3-2-4-23(28)33)26(34)25(22)30(27-24)21-7-5-18(16-31)6-8-21;1-13(27)19-18-10-11-24(16-8-4-15(22)5-9-16)21(28)20(18)25(23-19)17-6-2-14(12-26)3-7-17;1-19(2,3)18-13-5-4-10-16(14(13)17)12-8-6-11(15)7-9-12;1-3-16-11(15)10(12)14-13-9-6-4-8(2)5-7-9;12-8-3-5-9(6-4-8)13-7-1-2-10(14)11(13)15;7-5-3-1-2-4-6-5/h5-12,31H,2-4,13-16H2,1H3;2-9,26H,10-12H2,1H3;5-9H,4,10H2,1-3H3;4-7,13H,3H2,1-2H3;3-6H,1-2,7H2;1-4H2,(H,6,7)/b;;;14-10-;;. The second kappa shape index (κ2) is 43.2. The van der Waals surface area contributed by atoms with Crippen molar-refractivity contribution >= 4 is 186 Å². The van der Waals surface area contributed by atoms with Gasteiger partial charge in [-0.1, -0.05) is 53.6 Å². The summed E-state index contributed by atoms with van der Waals surface area (Å²) >= 11 is 12.3. The Morgan fingerprint density at radius 2 is 0.924 bits per heavy atom. The molecule has 31 heteroatoms. The number of nitrogens with one attached hydrogen (secondary N) is 2. The van der Waals surface area contributed by atoms with Crippen molar-refractivity contribution in [1.29, 1.82) is 0 Å². The van der Waals surface area contributed by atoms with E-state index in [0.717, 1.165) is 116 Å². The first-order chi connectivity index (χ1) is 57.0. The molecule has 4 N–H and O–H groups in total. The normalized spacial score (nSPS) is 15.3. The quantitative estimate of drug-likeness (QED) is 0.0125. The van der Waals surface area contributed by atoms with Crippen LogP contribution in [0.4, 0.5) is 34.1 Å². The summed E-state index contributed by atoms with van der Waals surface area (Å²) in [6.07, 6.45) is 10.4. The van der Waals surface area contributed by atoms with E-state index in [1.807, 2.05) is 134 Å². The molecule has 0 aliphatic carbocycles. The van der Waals surface area contributed by atoms with Gasteiger partial charge in [0.1, 0.15) is 22.8 Å². The van der Waals surface area contributed by atoms with Gasteiger partial charge in [-0.05, 0) is 303 Å². The summed E-state index contributed by atoms with van der Waals surface area (Å²) in [6, 6.07) is 52.6. The molecule has 0 saturated carbocycles. The molecule has 0 bridgehead atoms. The number of hydrazone groups is 1. The molecule has 7 aromatic carbocycles. The van der Waals surface area contributed by atoms with Gasteiger partial charge in [-0.2, -0.15) is 15.3 Å². The van der Waals surface area contributed by atoms with Crippen LogP contribution in [0.15, 0.2) is 187 Å². The molecule has 8 heterocycles. The van der Waals surface area contributed by atoms with Crippen molar-refractivity contribution in [3.05, 3.63) is 243 Å². The molecule has 9 aromatic rings. The van der Waals surface area contributed by atoms with Gasteiger partial charge in [0.15, 0.2) is 17.3 Å². The molecule has 622 valence electrons. The van der Waals surface area contributed by atoms with Crippen LogP contribution >= 0.6 is 79.4 Å². The maximum atomic E-state index is 13.7. The smallest absolute Gasteiger partial charge is 0.370 e. The Morgan fingerprint density at radius 3 is 1.33 bits per heavy atom. The SMILES string of the molecule is CC(=O)c1nn(-c2ccc(CO)cc2)c2c1CCN(c1ccc(I)cc1)C2=O.CC(=O)c1nn(-c2ccc(CO)cc2)c2c1CCN(c1ccc(N3CCCCC3=O)cc1)C2=O.CCOC(=O)/C(Cl)=N/Nc1ccc(C)cc1.C[Si](C)(C)OC1=CCCN(c2ccc(I)cc2)C1=O.O=C1CCCCN1.O=C1CCCN(c2ccc(I)cc2)C1=O. The number of aliphatic hydroxyl groups is 2. The molecule has 6 amide bonds. The minimum atomic E-state index is -1.74. The van der Waals surface area contributed by atoms with Gasteiger partial charge in [0.2, 0.25) is 31.1 Å². The second-order valence-corrected chi connectivity index (χ2v) is 37.7. The molecule has 0 spiro atoms. The molecule has 119 heavy (non-hydrogen) atoms. The summed E-state index contributed by atoms with van der Waals surface area (Å²) < 4.78 is 17.0. The molecule has 26 nitrogen and oxygen atoms in total. The fourth-order valence-corrected chi connectivity index (χ4v) is 15.4. The number of carbonyl (C=O) groups is 10. The van der Waals surface area contributed by atoms with E-state index in [4.69, 9.17) is 16.0 Å². The average molecular weight is 1990 g/mol. The lowest BCUT2D eigenvalue weighted by atomic mass is 10.0. The number of aryl methyl sites for hydroxylation is 1.